The standard InChI is InChI=1S/C18H29N7O3S/c19-5-3-1-2-4-11(29)6-10(20)7-12-14(26)15(27)18(28-12)25-9-24-13-16(21)22-8-23-17(13)25/h8-10,12,14-15,18,26-27H,1-7,19-20H2,(H2,21,22,23)/t10?,12-,14-,15-,18-/m1/s1. The van der Waals surface area contributed by atoms with Crippen LogP contribution in [0.5, 0.6) is 0 Å². The number of fused-ring (bicyclic) bond motifs is 1. The summed E-state index contributed by atoms with van der Waals surface area (Å²) in [6.07, 6.45) is 3.92. The lowest BCUT2D eigenvalue weighted by atomic mass is 9.98. The van der Waals surface area contributed by atoms with Crippen molar-refractivity contribution in [2.45, 2.75) is 69.1 Å². The van der Waals surface area contributed by atoms with E-state index >= 15 is 0 Å². The molecule has 10 nitrogen and oxygen atoms in total. The number of aliphatic hydroxyl groups excluding tert-OH is 2. The number of hydrogen-bond acceptors (Lipinski definition) is 10. The van der Waals surface area contributed by atoms with E-state index in [-0.39, 0.29) is 11.9 Å². The highest BCUT2D eigenvalue weighted by Crippen LogP contribution is 2.33. The van der Waals surface area contributed by atoms with Gasteiger partial charge in [-0.05, 0) is 43.5 Å². The van der Waals surface area contributed by atoms with Gasteiger partial charge in [-0.25, -0.2) is 15.0 Å². The molecular formula is C18H29N7O3S. The molecule has 160 valence electrons. The lowest BCUT2D eigenvalue weighted by molar-refractivity contribution is -0.0383. The van der Waals surface area contributed by atoms with Crippen LogP contribution in [-0.2, 0) is 4.74 Å². The molecule has 0 aliphatic carbocycles. The second kappa shape index (κ2) is 9.83. The van der Waals surface area contributed by atoms with Gasteiger partial charge in [-0.3, -0.25) is 4.57 Å². The van der Waals surface area contributed by atoms with Crippen molar-refractivity contribution in [2.75, 3.05) is 12.3 Å². The Balaban J connectivity index is 1.59. The van der Waals surface area contributed by atoms with E-state index < -0.39 is 24.5 Å². The Kier molecular flexibility index (Phi) is 7.44. The van der Waals surface area contributed by atoms with Crippen molar-refractivity contribution in [1.29, 1.82) is 0 Å². The number of nitrogens with zero attached hydrogens (tertiary/aromatic N) is 4. The number of nitrogen functional groups attached to an aromatic ring is 1. The summed E-state index contributed by atoms with van der Waals surface area (Å²) in [5, 5.41) is 21.0. The van der Waals surface area contributed by atoms with Crippen LogP contribution in [0.4, 0.5) is 5.82 Å². The van der Waals surface area contributed by atoms with Gasteiger partial charge in [0.2, 0.25) is 0 Å². The number of ether oxygens (including phenoxy) is 1. The summed E-state index contributed by atoms with van der Waals surface area (Å²) < 4.78 is 7.48. The lowest BCUT2D eigenvalue weighted by Gasteiger charge is -2.19. The fourth-order valence-corrected chi connectivity index (χ4v) is 3.99. The molecule has 5 atom stereocenters. The summed E-state index contributed by atoms with van der Waals surface area (Å²) in [7, 11) is 0. The second-order valence-corrected chi connectivity index (χ2v) is 8.04. The topological polar surface area (TPSA) is 171 Å². The van der Waals surface area contributed by atoms with Crippen molar-refractivity contribution in [2.24, 2.45) is 11.5 Å². The van der Waals surface area contributed by atoms with Gasteiger partial charge in [-0.2, -0.15) is 0 Å². The van der Waals surface area contributed by atoms with Gasteiger partial charge in [0, 0.05) is 6.04 Å². The molecule has 0 radical (unpaired) electrons. The van der Waals surface area contributed by atoms with Gasteiger partial charge < -0.3 is 32.2 Å². The van der Waals surface area contributed by atoms with E-state index in [1.54, 1.807) is 4.57 Å². The van der Waals surface area contributed by atoms with Crippen LogP contribution >= 0.6 is 12.2 Å². The van der Waals surface area contributed by atoms with Crippen LogP contribution in [0.1, 0.15) is 44.8 Å². The molecule has 11 heteroatoms. The Labute approximate surface area is 174 Å². The number of thiocarbonyl (C=S) groups is 1. The van der Waals surface area contributed by atoms with E-state index in [9.17, 15) is 10.2 Å². The highest BCUT2D eigenvalue weighted by atomic mass is 32.1. The van der Waals surface area contributed by atoms with E-state index in [1.807, 2.05) is 0 Å². The summed E-state index contributed by atoms with van der Waals surface area (Å²) >= 11 is 5.42. The Bertz CT molecular complexity index is 833. The largest absolute Gasteiger partial charge is 0.388 e. The van der Waals surface area contributed by atoms with E-state index in [2.05, 4.69) is 15.0 Å². The van der Waals surface area contributed by atoms with Crippen LogP contribution in [0.25, 0.3) is 11.2 Å². The zero-order valence-electron chi connectivity index (χ0n) is 16.2. The van der Waals surface area contributed by atoms with Crippen LogP contribution < -0.4 is 17.2 Å². The van der Waals surface area contributed by atoms with Crippen LogP contribution in [-0.4, -0.2) is 65.5 Å². The molecule has 1 fully saturated rings. The molecule has 0 aromatic carbocycles. The minimum atomic E-state index is -1.15. The van der Waals surface area contributed by atoms with Crippen LogP contribution in [0.15, 0.2) is 12.7 Å². The van der Waals surface area contributed by atoms with Crippen molar-refractivity contribution in [1.82, 2.24) is 19.5 Å². The zero-order chi connectivity index (χ0) is 21.0. The van der Waals surface area contributed by atoms with Crippen molar-refractivity contribution < 1.29 is 14.9 Å². The molecular weight excluding hydrogens is 394 g/mol. The third kappa shape index (κ3) is 5.05. The molecule has 1 aliphatic rings. The van der Waals surface area contributed by atoms with Gasteiger partial charge in [0.15, 0.2) is 17.7 Å². The van der Waals surface area contributed by atoms with E-state index in [1.165, 1.54) is 12.7 Å². The molecule has 3 heterocycles. The number of unbranched alkanes of at least 4 members (excludes halogenated alkanes) is 2. The van der Waals surface area contributed by atoms with Crippen LogP contribution in [0.3, 0.4) is 0 Å². The maximum absolute atomic E-state index is 10.5. The minimum absolute atomic E-state index is 0.236. The van der Waals surface area contributed by atoms with Crippen LogP contribution in [0, 0.1) is 0 Å². The van der Waals surface area contributed by atoms with Crippen molar-refractivity contribution in [3.05, 3.63) is 12.7 Å². The maximum atomic E-state index is 10.5. The van der Waals surface area contributed by atoms with Gasteiger partial charge in [-0.15, -0.1) is 0 Å². The molecule has 0 saturated carbocycles. The predicted molar refractivity (Wildman–Crippen MR) is 113 cm³/mol. The van der Waals surface area contributed by atoms with Crippen molar-refractivity contribution in [3.63, 3.8) is 0 Å². The molecule has 1 unspecified atom stereocenters. The Morgan fingerprint density at radius 3 is 2.76 bits per heavy atom. The number of nitrogens with two attached hydrogens (primary N) is 3. The molecule has 2 aromatic rings. The van der Waals surface area contributed by atoms with Gasteiger partial charge in [0.05, 0.1) is 12.4 Å². The zero-order valence-corrected chi connectivity index (χ0v) is 17.0. The third-order valence-corrected chi connectivity index (χ3v) is 5.55. The predicted octanol–water partition coefficient (Wildman–Crippen LogP) is 0.0242. The molecule has 0 amide bonds. The molecule has 0 spiro atoms. The highest BCUT2D eigenvalue weighted by Gasteiger charge is 2.44. The molecule has 1 saturated heterocycles. The Morgan fingerprint density at radius 1 is 1.21 bits per heavy atom. The maximum Gasteiger partial charge on any atom is 0.167 e. The quantitative estimate of drug-likeness (QED) is 0.259. The number of imidazole rings is 1. The number of rotatable bonds is 10. The van der Waals surface area contributed by atoms with E-state index in [0.717, 1.165) is 30.5 Å². The number of hydrogen-bond donors (Lipinski definition) is 5. The fraction of sp³-hybridized carbons (Fsp3) is 0.667. The molecule has 29 heavy (non-hydrogen) atoms. The van der Waals surface area contributed by atoms with Gasteiger partial charge in [0.25, 0.3) is 0 Å². The van der Waals surface area contributed by atoms with E-state index in [0.29, 0.717) is 30.6 Å². The summed E-state index contributed by atoms with van der Waals surface area (Å²) in [4.78, 5) is 13.1. The first-order valence-electron chi connectivity index (χ1n) is 9.84. The smallest absolute Gasteiger partial charge is 0.167 e. The summed E-state index contributed by atoms with van der Waals surface area (Å²) in [5.41, 5.74) is 18.4. The molecule has 0 bridgehead atoms. The summed E-state index contributed by atoms with van der Waals surface area (Å²) in [6.45, 7) is 0.692. The molecule has 1 aliphatic heterocycles. The summed E-state index contributed by atoms with van der Waals surface area (Å²) in [6, 6.07) is -0.264. The van der Waals surface area contributed by atoms with Crippen LogP contribution in [0.2, 0.25) is 0 Å². The average Bonchev–Trinajstić information content (AvgIpc) is 3.23. The van der Waals surface area contributed by atoms with Crippen molar-refractivity contribution in [3.8, 4) is 0 Å². The first-order chi connectivity index (χ1) is 13.9. The first-order valence-corrected chi connectivity index (χ1v) is 10.2. The lowest BCUT2D eigenvalue weighted by Crippen LogP contribution is -2.36. The summed E-state index contributed by atoms with van der Waals surface area (Å²) in [5.74, 6) is 0.236. The monoisotopic (exact) mass is 423 g/mol. The Hall–Kier alpha value is -1.76. The normalized spacial score (nSPS) is 25.5. The molecule has 2 aromatic heterocycles. The first kappa shape index (κ1) is 21.9. The SMILES string of the molecule is NCCCCCC(=S)CC(N)C[C@H]1O[C@@H](n2cnc3c(N)ncnc32)[C@H](O)[C@@H]1O. The third-order valence-electron chi connectivity index (χ3n) is 5.18. The minimum Gasteiger partial charge on any atom is -0.388 e. The number of aromatic nitrogens is 4. The number of anilines is 1. The second-order valence-electron chi connectivity index (χ2n) is 7.47. The fourth-order valence-electron chi connectivity index (χ4n) is 3.63. The molecule has 3 rings (SSSR count). The Morgan fingerprint density at radius 2 is 2.00 bits per heavy atom. The molecule has 8 N–H and O–H groups in total. The van der Waals surface area contributed by atoms with E-state index in [4.69, 9.17) is 34.2 Å². The van der Waals surface area contributed by atoms with Crippen molar-refractivity contribution >= 4 is 34.1 Å². The van der Waals surface area contributed by atoms with Gasteiger partial charge in [0.1, 0.15) is 24.1 Å². The average molecular weight is 424 g/mol. The highest BCUT2D eigenvalue weighted by molar-refractivity contribution is 7.80. The number of aliphatic hydroxyl groups is 2. The van der Waals surface area contributed by atoms with Gasteiger partial charge >= 0.3 is 0 Å². The van der Waals surface area contributed by atoms with Gasteiger partial charge in [-0.1, -0.05) is 18.6 Å².